The summed E-state index contributed by atoms with van der Waals surface area (Å²) in [6.07, 6.45) is 26.1. The van der Waals surface area contributed by atoms with Crippen LogP contribution in [0, 0.1) is 5.92 Å². The molecule has 2 heteroatoms. The smallest absolute Gasteiger partial charge is 0.171 e. The second kappa shape index (κ2) is 23.1. The summed E-state index contributed by atoms with van der Waals surface area (Å²) in [4.78, 5) is 0. The molecule has 0 radical (unpaired) electrons. The molecule has 0 aromatic heterocycles. The van der Waals surface area contributed by atoms with E-state index in [1.54, 1.807) is 0 Å². The lowest BCUT2D eigenvalue weighted by Gasteiger charge is -2.41. The minimum absolute atomic E-state index is 0.340. The summed E-state index contributed by atoms with van der Waals surface area (Å²) >= 11 is 0. The van der Waals surface area contributed by atoms with Crippen molar-refractivity contribution in [2.75, 3.05) is 13.2 Å². The molecule has 0 aromatic carbocycles. The SMILES string of the molecule is CCCCCCCCCCC(OCCC)(OCCC)C(CCC)CCCCCCCC. The van der Waals surface area contributed by atoms with E-state index in [1.807, 2.05) is 0 Å². The van der Waals surface area contributed by atoms with E-state index in [-0.39, 0.29) is 5.79 Å². The third-order valence-electron chi connectivity index (χ3n) is 6.65. The van der Waals surface area contributed by atoms with Gasteiger partial charge in [0.2, 0.25) is 0 Å². The Morgan fingerprint density at radius 2 is 0.903 bits per heavy atom. The van der Waals surface area contributed by atoms with Crippen LogP contribution >= 0.6 is 0 Å². The average molecular weight is 441 g/mol. The Morgan fingerprint density at radius 3 is 1.35 bits per heavy atom. The minimum Gasteiger partial charge on any atom is -0.350 e. The maximum atomic E-state index is 6.63. The van der Waals surface area contributed by atoms with E-state index in [1.165, 1.54) is 109 Å². The van der Waals surface area contributed by atoms with Gasteiger partial charge in [0.1, 0.15) is 0 Å². The molecule has 188 valence electrons. The number of rotatable bonds is 25. The van der Waals surface area contributed by atoms with Gasteiger partial charge in [0.25, 0.3) is 0 Å². The first-order chi connectivity index (χ1) is 15.2. The van der Waals surface area contributed by atoms with Gasteiger partial charge in [0, 0.05) is 25.6 Å². The first kappa shape index (κ1) is 30.9. The average Bonchev–Trinajstić information content (AvgIpc) is 2.78. The summed E-state index contributed by atoms with van der Waals surface area (Å²) < 4.78 is 13.3. The van der Waals surface area contributed by atoms with Crippen LogP contribution in [0.3, 0.4) is 0 Å². The van der Waals surface area contributed by atoms with E-state index in [0.717, 1.165) is 32.5 Å². The molecule has 0 bridgehead atoms. The van der Waals surface area contributed by atoms with E-state index in [9.17, 15) is 0 Å². The second-order valence-electron chi connectivity index (χ2n) is 9.78. The van der Waals surface area contributed by atoms with Crippen LogP contribution in [0.2, 0.25) is 0 Å². The molecule has 1 unspecified atom stereocenters. The van der Waals surface area contributed by atoms with Crippen molar-refractivity contribution in [2.45, 2.75) is 169 Å². The van der Waals surface area contributed by atoms with Gasteiger partial charge in [0.15, 0.2) is 5.79 Å². The zero-order valence-corrected chi connectivity index (χ0v) is 22.5. The van der Waals surface area contributed by atoms with Crippen LogP contribution < -0.4 is 0 Å². The highest BCUT2D eigenvalue weighted by atomic mass is 16.7. The molecule has 0 N–H and O–H groups in total. The highest BCUT2D eigenvalue weighted by Crippen LogP contribution is 2.37. The number of hydrogen-bond acceptors (Lipinski definition) is 2. The highest BCUT2D eigenvalue weighted by molar-refractivity contribution is 4.81. The maximum absolute atomic E-state index is 6.63. The Balaban J connectivity index is 4.85. The molecule has 0 aromatic rings. The number of hydrogen-bond donors (Lipinski definition) is 0. The van der Waals surface area contributed by atoms with Gasteiger partial charge in [-0.3, -0.25) is 0 Å². The van der Waals surface area contributed by atoms with Crippen molar-refractivity contribution >= 4 is 0 Å². The van der Waals surface area contributed by atoms with Gasteiger partial charge in [-0.05, 0) is 32.1 Å². The molecule has 0 fully saturated rings. The van der Waals surface area contributed by atoms with Crippen molar-refractivity contribution in [1.29, 1.82) is 0 Å². The summed E-state index contributed by atoms with van der Waals surface area (Å²) in [5.41, 5.74) is 0. The van der Waals surface area contributed by atoms with Crippen LogP contribution in [-0.2, 0) is 9.47 Å². The Morgan fingerprint density at radius 1 is 0.452 bits per heavy atom. The standard InChI is InChI=1S/C29H60O2/c1-6-11-13-15-17-18-20-22-25-29(30-26-9-4,31-27-10-5)28(23-8-3)24-21-19-16-14-12-7-2/h28H,6-27H2,1-5H3. The largest absolute Gasteiger partial charge is 0.350 e. The molecular weight excluding hydrogens is 380 g/mol. The summed E-state index contributed by atoms with van der Waals surface area (Å²) in [6, 6.07) is 0. The van der Waals surface area contributed by atoms with E-state index < -0.39 is 0 Å². The molecule has 0 aliphatic heterocycles. The monoisotopic (exact) mass is 440 g/mol. The van der Waals surface area contributed by atoms with E-state index in [4.69, 9.17) is 9.47 Å². The van der Waals surface area contributed by atoms with Crippen LogP contribution in [0.4, 0.5) is 0 Å². The Labute approximate surface area is 197 Å². The third-order valence-corrected chi connectivity index (χ3v) is 6.65. The lowest BCUT2D eigenvalue weighted by atomic mass is 9.84. The quantitative estimate of drug-likeness (QED) is 0.104. The molecule has 31 heavy (non-hydrogen) atoms. The van der Waals surface area contributed by atoms with Gasteiger partial charge in [0.05, 0.1) is 0 Å². The van der Waals surface area contributed by atoms with Gasteiger partial charge in [-0.15, -0.1) is 0 Å². The fraction of sp³-hybridized carbons (Fsp3) is 1.00. The molecule has 0 amide bonds. The third kappa shape index (κ3) is 16.2. The molecule has 0 saturated heterocycles. The molecule has 0 aliphatic rings. The molecule has 0 rings (SSSR count). The van der Waals surface area contributed by atoms with E-state index in [0.29, 0.717) is 5.92 Å². The van der Waals surface area contributed by atoms with Gasteiger partial charge >= 0.3 is 0 Å². The first-order valence-electron chi connectivity index (χ1n) is 14.5. The van der Waals surface area contributed by atoms with Crippen molar-refractivity contribution < 1.29 is 9.47 Å². The van der Waals surface area contributed by atoms with Crippen LogP contribution in [0.5, 0.6) is 0 Å². The zero-order chi connectivity index (χ0) is 23.0. The Hall–Kier alpha value is -0.0800. The lowest BCUT2D eigenvalue weighted by Crippen LogP contribution is -2.44. The van der Waals surface area contributed by atoms with Crippen molar-refractivity contribution in [2.24, 2.45) is 5.92 Å². The molecular formula is C29H60O2. The summed E-state index contributed by atoms with van der Waals surface area (Å²) in [6.45, 7) is 13.0. The van der Waals surface area contributed by atoms with Crippen LogP contribution in [0.15, 0.2) is 0 Å². The summed E-state index contributed by atoms with van der Waals surface area (Å²) in [7, 11) is 0. The fourth-order valence-electron chi connectivity index (χ4n) is 4.78. The van der Waals surface area contributed by atoms with Gasteiger partial charge in [-0.25, -0.2) is 0 Å². The van der Waals surface area contributed by atoms with E-state index >= 15 is 0 Å². The molecule has 2 nitrogen and oxygen atoms in total. The maximum Gasteiger partial charge on any atom is 0.171 e. The fourth-order valence-corrected chi connectivity index (χ4v) is 4.78. The number of ether oxygens (including phenoxy) is 2. The van der Waals surface area contributed by atoms with Crippen molar-refractivity contribution in [3.63, 3.8) is 0 Å². The normalized spacial score (nSPS) is 13.1. The molecule has 0 aliphatic carbocycles. The zero-order valence-electron chi connectivity index (χ0n) is 22.5. The first-order valence-corrected chi connectivity index (χ1v) is 14.5. The van der Waals surface area contributed by atoms with Crippen LogP contribution in [0.1, 0.15) is 163 Å². The molecule has 1 atom stereocenters. The van der Waals surface area contributed by atoms with Crippen molar-refractivity contribution in [1.82, 2.24) is 0 Å². The van der Waals surface area contributed by atoms with Crippen LogP contribution in [-0.4, -0.2) is 19.0 Å². The van der Waals surface area contributed by atoms with Crippen molar-refractivity contribution in [3.05, 3.63) is 0 Å². The predicted molar refractivity (Wildman–Crippen MR) is 139 cm³/mol. The van der Waals surface area contributed by atoms with Crippen LogP contribution in [0.25, 0.3) is 0 Å². The summed E-state index contributed by atoms with van der Waals surface area (Å²) in [5.74, 6) is 0.208. The van der Waals surface area contributed by atoms with Crippen molar-refractivity contribution in [3.8, 4) is 0 Å². The van der Waals surface area contributed by atoms with E-state index in [2.05, 4.69) is 34.6 Å². The lowest BCUT2D eigenvalue weighted by molar-refractivity contribution is -0.274. The minimum atomic E-state index is -0.340. The van der Waals surface area contributed by atoms with Gasteiger partial charge < -0.3 is 9.47 Å². The Kier molecular flexibility index (Phi) is 23.0. The van der Waals surface area contributed by atoms with Gasteiger partial charge in [-0.1, -0.05) is 125 Å². The summed E-state index contributed by atoms with van der Waals surface area (Å²) in [5, 5.41) is 0. The predicted octanol–water partition coefficient (Wildman–Crippen LogP) is 10.2. The molecule has 0 saturated carbocycles. The van der Waals surface area contributed by atoms with Gasteiger partial charge in [-0.2, -0.15) is 0 Å². The second-order valence-corrected chi connectivity index (χ2v) is 9.78. The highest BCUT2D eigenvalue weighted by Gasteiger charge is 2.39. The molecule has 0 heterocycles. The number of unbranched alkanes of at least 4 members (excludes halogenated alkanes) is 12. The molecule has 0 spiro atoms. The topological polar surface area (TPSA) is 18.5 Å². The Bertz CT molecular complexity index is 334.